The van der Waals surface area contributed by atoms with Crippen LogP contribution in [0.15, 0.2) is 0 Å². The Bertz CT molecular complexity index is 147. The summed E-state index contributed by atoms with van der Waals surface area (Å²) in [5.41, 5.74) is 0. The van der Waals surface area contributed by atoms with Crippen LogP contribution in [-0.4, -0.2) is 37.6 Å². The molecular formula is C10H22N2. The van der Waals surface area contributed by atoms with Crippen LogP contribution in [0.3, 0.4) is 0 Å². The standard InChI is InChI=1S/C10H22N2/c1-7-6-12(5)9(3)8(2)10(7)11-4/h7-11H,6H2,1-5H3. The van der Waals surface area contributed by atoms with Crippen molar-refractivity contribution in [3.8, 4) is 0 Å². The van der Waals surface area contributed by atoms with Gasteiger partial charge in [-0.1, -0.05) is 13.8 Å². The molecule has 1 rings (SSSR count). The average molecular weight is 170 g/mol. The maximum atomic E-state index is 3.43. The van der Waals surface area contributed by atoms with Crippen LogP contribution in [0.5, 0.6) is 0 Å². The number of hydrogen-bond acceptors (Lipinski definition) is 2. The van der Waals surface area contributed by atoms with Gasteiger partial charge in [-0.3, -0.25) is 0 Å². The minimum Gasteiger partial charge on any atom is -0.316 e. The van der Waals surface area contributed by atoms with Crippen LogP contribution in [0.4, 0.5) is 0 Å². The summed E-state index contributed by atoms with van der Waals surface area (Å²) in [6.45, 7) is 8.22. The lowest BCUT2D eigenvalue weighted by Gasteiger charge is -2.44. The number of hydrogen-bond donors (Lipinski definition) is 1. The first-order valence-corrected chi connectivity index (χ1v) is 4.95. The minimum atomic E-state index is 0.691. The second-order valence-electron chi connectivity index (χ2n) is 4.33. The third kappa shape index (κ3) is 1.64. The highest BCUT2D eigenvalue weighted by Crippen LogP contribution is 2.25. The van der Waals surface area contributed by atoms with Gasteiger partial charge in [0.15, 0.2) is 0 Å². The summed E-state index contributed by atoms with van der Waals surface area (Å²) in [6, 6.07) is 1.40. The van der Waals surface area contributed by atoms with E-state index in [0.29, 0.717) is 12.1 Å². The van der Waals surface area contributed by atoms with Crippen molar-refractivity contribution >= 4 is 0 Å². The molecule has 0 aromatic carbocycles. The molecule has 4 atom stereocenters. The zero-order valence-electron chi connectivity index (χ0n) is 8.96. The van der Waals surface area contributed by atoms with E-state index in [1.807, 2.05) is 0 Å². The second kappa shape index (κ2) is 3.75. The largest absolute Gasteiger partial charge is 0.316 e. The van der Waals surface area contributed by atoms with Gasteiger partial charge in [-0.2, -0.15) is 0 Å². The molecule has 12 heavy (non-hydrogen) atoms. The van der Waals surface area contributed by atoms with Gasteiger partial charge < -0.3 is 10.2 Å². The highest BCUT2D eigenvalue weighted by Gasteiger charge is 2.33. The van der Waals surface area contributed by atoms with E-state index >= 15 is 0 Å². The van der Waals surface area contributed by atoms with Crippen LogP contribution in [-0.2, 0) is 0 Å². The molecule has 0 amide bonds. The first-order chi connectivity index (χ1) is 5.57. The SMILES string of the molecule is CNC1C(C)CN(C)C(C)C1C. The van der Waals surface area contributed by atoms with Crippen LogP contribution in [0.1, 0.15) is 20.8 Å². The molecule has 1 N–H and O–H groups in total. The predicted octanol–water partition coefficient (Wildman–Crippen LogP) is 1.18. The number of nitrogens with zero attached hydrogens (tertiary/aromatic N) is 1. The second-order valence-corrected chi connectivity index (χ2v) is 4.33. The van der Waals surface area contributed by atoms with Crippen molar-refractivity contribution in [3.05, 3.63) is 0 Å². The lowest BCUT2D eigenvalue weighted by Crippen LogP contribution is -2.55. The van der Waals surface area contributed by atoms with Crippen LogP contribution in [0.2, 0.25) is 0 Å². The lowest BCUT2D eigenvalue weighted by atomic mass is 9.81. The van der Waals surface area contributed by atoms with E-state index in [2.05, 4.69) is 45.1 Å². The third-order valence-electron chi connectivity index (χ3n) is 3.54. The predicted molar refractivity (Wildman–Crippen MR) is 53.3 cm³/mol. The molecular weight excluding hydrogens is 148 g/mol. The van der Waals surface area contributed by atoms with Gasteiger partial charge in [0.2, 0.25) is 0 Å². The molecule has 0 saturated carbocycles. The molecule has 1 heterocycles. The molecule has 1 saturated heterocycles. The number of piperidine rings is 1. The molecule has 0 aromatic rings. The molecule has 1 fully saturated rings. The fourth-order valence-electron chi connectivity index (χ4n) is 2.50. The lowest BCUT2D eigenvalue weighted by molar-refractivity contribution is 0.0718. The number of nitrogens with one attached hydrogen (secondary N) is 1. The summed E-state index contributed by atoms with van der Waals surface area (Å²) in [5, 5.41) is 3.43. The van der Waals surface area contributed by atoms with Crippen LogP contribution in [0, 0.1) is 11.8 Å². The Kier molecular flexibility index (Phi) is 3.13. The third-order valence-corrected chi connectivity index (χ3v) is 3.54. The summed E-state index contributed by atoms with van der Waals surface area (Å²) >= 11 is 0. The van der Waals surface area contributed by atoms with Crippen molar-refractivity contribution in [2.24, 2.45) is 11.8 Å². The zero-order chi connectivity index (χ0) is 9.30. The maximum Gasteiger partial charge on any atom is 0.0142 e. The van der Waals surface area contributed by atoms with Crippen molar-refractivity contribution in [3.63, 3.8) is 0 Å². The van der Waals surface area contributed by atoms with Gasteiger partial charge in [-0.25, -0.2) is 0 Å². The molecule has 0 radical (unpaired) electrons. The minimum absolute atomic E-state index is 0.691. The summed E-state index contributed by atoms with van der Waals surface area (Å²) in [7, 11) is 4.30. The monoisotopic (exact) mass is 170 g/mol. The molecule has 0 bridgehead atoms. The van der Waals surface area contributed by atoms with Crippen molar-refractivity contribution in [2.45, 2.75) is 32.9 Å². The van der Waals surface area contributed by atoms with Crippen LogP contribution >= 0.6 is 0 Å². The molecule has 2 nitrogen and oxygen atoms in total. The number of rotatable bonds is 1. The Morgan fingerprint density at radius 3 is 2.33 bits per heavy atom. The van der Waals surface area contributed by atoms with Crippen molar-refractivity contribution in [1.29, 1.82) is 0 Å². The van der Waals surface area contributed by atoms with Gasteiger partial charge in [0.1, 0.15) is 0 Å². The smallest absolute Gasteiger partial charge is 0.0142 e. The van der Waals surface area contributed by atoms with Crippen molar-refractivity contribution in [2.75, 3.05) is 20.6 Å². The topological polar surface area (TPSA) is 15.3 Å². The Morgan fingerprint density at radius 1 is 1.25 bits per heavy atom. The Labute approximate surface area is 76.3 Å². The Hall–Kier alpha value is -0.0800. The van der Waals surface area contributed by atoms with Gasteiger partial charge in [-0.05, 0) is 32.9 Å². The van der Waals surface area contributed by atoms with Crippen LogP contribution < -0.4 is 5.32 Å². The van der Waals surface area contributed by atoms with E-state index in [9.17, 15) is 0 Å². The highest BCUT2D eigenvalue weighted by molar-refractivity contribution is 4.90. The molecule has 72 valence electrons. The zero-order valence-corrected chi connectivity index (χ0v) is 8.96. The first kappa shape index (κ1) is 10.0. The summed E-state index contributed by atoms with van der Waals surface area (Å²) in [4.78, 5) is 2.46. The van der Waals surface area contributed by atoms with E-state index in [0.717, 1.165) is 11.8 Å². The molecule has 0 aromatic heterocycles. The van der Waals surface area contributed by atoms with E-state index in [1.165, 1.54) is 6.54 Å². The summed E-state index contributed by atoms with van der Waals surface area (Å²) in [5.74, 6) is 1.52. The van der Waals surface area contributed by atoms with Crippen molar-refractivity contribution < 1.29 is 0 Å². The average Bonchev–Trinajstić information content (AvgIpc) is 2.01. The van der Waals surface area contributed by atoms with E-state index in [4.69, 9.17) is 0 Å². The molecule has 1 aliphatic rings. The molecule has 0 spiro atoms. The Balaban J connectivity index is 2.65. The maximum absolute atomic E-state index is 3.43. The molecule has 2 heteroatoms. The quantitative estimate of drug-likeness (QED) is 0.636. The van der Waals surface area contributed by atoms with E-state index < -0.39 is 0 Å². The Morgan fingerprint density at radius 2 is 1.83 bits per heavy atom. The van der Waals surface area contributed by atoms with Gasteiger partial charge in [0.05, 0.1) is 0 Å². The fraction of sp³-hybridized carbons (Fsp3) is 1.00. The molecule has 0 aliphatic carbocycles. The number of likely N-dealkylation sites (tertiary alicyclic amines) is 1. The van der Waals surface area contributed by atoms with Gasteiger partial charge in [0.25, 0.3) is 0 Å². The highest BCUT2D eigenvalue weighted by atomic mass is 15.2. The first-order valence-electron chi connectivity index (χ1n) is 4.95. The van der Waals surface area contributed by atoms with Crippen LogP contribution in [0.25, 0.3) is 0 Å². The van der Waals surface area contributed by atoms with E-state index in [1.54, 1.807) is 0 Å². The summed E-state index contributed by atoms with van der Waals surface area (Å²) < 4.78 is 0. The fourth-order valence-corrected chi connectivity index (χ4v) is 2.50. The van der Waals surface area contributed by atoms with Crippen molar-refractivity contribution in [1.82, 2.24) is 10.2 Å². The summed E-state index contributed by atoms with van der Waals surface area (Å²) in [6.07, 6.45) is 0. The van der Waals surface area contributed by atoms with Gasteiger partial charge in [-0.15, -0.1) is 0 Å². The normalized spacial score (nSPS) is 44.8. The molecule has 1 aliphatic heterocycles. The van der Waals surface area contributed by atoms with Gasteiger partial charge >= 0.3 is 0 Å². The van der Waals surface area contributed by atoms with Gasteiger partial charge in [0, 0.05) is 18.6 Å². The van der Waals surface area contributed by atoms with E-state index in [-0.39, 0.29) is 0 Å². The molecule has 4 unspecified atom stereocenters.